The second-order valence-electron chi connectivity index (χ2n) is 6.94. The second-order valence-corrected chi connectivity index (χ2v) is 6.94. The smallest absolute Gasteiger partial charge is 0.307 e. The van der Waals surface area contributed by atoms with Gasteiger partial charge >= 0.3 is 5.97 Å². The molecule has 2 rings (SSSR count). The number of hydrogen-bond acceptors (Lipinski definition) is 3. The molecule has 108 valence electrons. The first-order chi connectivity index (χ1) is 8.61. The van der Waals surface area contributed by atoms with Crippen molar-refractivity contribution in [2.45, 2.75) is 51.7 Å². The lowest BCUT2D eigenvalue weighted by molar-refractivity contribution is -0.193. The van der Waals surface area contributed by atoms with Crippen molar-refractivity contribution in [3.05, 3.63) is 0 Å². The molecule has 2 fully saturated rings. The van der Waals surface area contributed by atoms with Crippen molar-refractivity contribution < 1.29 is 19.4 Å². The molecule has 1 saturated heterocycles. The molecule has 1 N–H and O–H groups in total. The van der Waals surface area contributed by atoms with Crippen LogP contribution < -0.4 is 0 Å². The zero-order valence-corrected chi connectivity index (χ0v) is 12.1. The second kappa shape index (κ2) is 4.47. The number of carboxylic acid groups (broad SMARTS) is 1. The topological polar surface area (TPSA) is 66.8 Å². The third-order valence-electron chi connectivity index (χ3n) is 3.92. The standard InChI is InChI=1S/C14H23NO4/c1-13(2)7-15(8-14(3,4)19-13)11(16)9-5-6-10(9)12(17)18/h9-10H,5-8H2,1-4H3,(H,17,18). The lowest BCUT2D eigenvalue weighted by Gasteiger charge is -2.49. The SMILES string of the molecule is CC1(C)CN(C(=O)C2CCC2C(=O)O)CC(C)(C)O1. The molecule has 0 aromatic rings. The van der Waals surface area contributed by atoms with Crippen LogP contribution in [0.25, 0.3) is 0 Å². The van der Waals surface area contributed by atoms with E-state index in [1.165, 1.54) is 0 Å². The Morgan fingerprint density at radius 2 is 1.53 bits per heavy atom. The maximum atomic E-state index is 12.5. The number of carbonyl (C=O) groups is 2. The first kappa shape index (κ1) is 14.3. The van der Waals surface area contributed by atoms with E-state index in [4.69, 9.17) is 9.84 Å². The van der Waals surface area contributed by atoms with Gasteiger partial charge in [0.05, 0.1) is 23.0 Å². The highest BCUT2D eigenvalue weighted by atomic mass is 16.5. The molecule has 0 aromatic heterocycles. The van der Waals surface area contributed by atoms with Crippen LogP contribution in [0.5, 0.6) is 0 Å². The molecule has 5 nitrogen and oxygen atoms in total. The number of morpholine rings is 1. The third kappa shape index (κ3) is 2.91. The zero-order chi connectivity index (χ0) is 14.4. The van der Waals surface area contributed by atoms with E-state index >= 15 is 0 Å². The molecule has 0 aromatic carbocycles. The van der Waals surface area contributed by atoms with E-state index in [-0.39, 0.29) is 23.0 Å². The Morgan fingerprint density at radius 1 is 1.05 bits per heavy atom. The fourth-order valence-corrected chi connectivity index (χ4v) is 3.27. The van der Waals surface area contributed by atoms with Crippen LogP contribution in [0.15, 0.2) is 0 Å². The minimum atomic E-state index is -0.851. The van der Waals surface area contributed by atoms with Crippen molar-refractivity contribution in [2.24, 2.45) is 11.8 Å². The van der Waals surface area contributed by atoms with Gasteiger partial charge in [0.2, 0.25) is 5.91 Å². The van der Waals surface area contributed by atoms with Crippen molar-refractivity contribution >= 4 is 11.9 Å². The summed E-state index contributed by atoms with van der Waals surface area (Å²) in [6.07, 6.45) is 1.30. The Bertz CT molecular complexity index is 386. The quantitative estimate of drug-likeness (QED) is 0.825. The maximum Gasteiger partial charge on any atom is 0.307 e. The Hall–Kier alpha value is -1.10. The summed E-state index contributed by atoms with van der Waals surface area (Å²) in [7, 11) is 0. The number of rotatable bonds is 2. The highest BCUT2D eigenvalue weighted by molar-refractivity contribution is 5.86. The van der Waals surface area contributed by atoms with E-state index in [0.29, 0.717) is 25.9 Å². The number of carbonyl (C=O) groups excluding carboxylic acids is 1. The van der Waals surface area contributed by atoms with Crippen molar-refractivity contribution in [2.75, 3.05) is 13.1 Å². The van der Waals surface area contributed by atoms with Crippen LogP contribution in [0.3, 0.4) is 0 Å². The molecule has 1 aliphatic heterocycles. The first-order valence-electron chi connectivity index (χ1n) is 6.83. The maximum absolute atomic E-state index is 12.5. The molecule has 0 radical (unpaired) electrons. The van der Waals surface area contributed by atoms with Crippen molar-refractivity contribution in [3.8, 4) is 0 Å². The highest BCUT2D eigenvalue weighted by Gasteiger charge is 2.47. The summed E-state index contributed by atoms with van der Waals surface area (Å²) in [6.45, 7) is 8.90. The number of carboxylic acids is 1. The predicted octanol–water partition coefficient (Wildman–Crippen LogP) is 1.51. The monoisotopic (exact) mass is 269 g/mol. The van der Waals surface area contributed by atoms with Crippen LogP contribution in [0.2, 0.25) is 0 Å². The summed E-state index contributed by atoms with van der Waals surface area (Å²) in [6, 6.07) is 0. The van der Waals surface area contributed by atoms with Gasteiger partial charge in [-0.3, -0.25) is 9.59 Å². The van der Waals surface area contributed by atoms with E-state index < -0.39 is 11.9 Å². The minimum Gasteiger partial charge on any atom is -0.481 e. The van der Waals surface area contributed by atoms with E-state index in [1.54, 1.807) is 4.90 Å². The van der Waals surface area contributed by atoms with Crippen LogP contribution in [0, 0.1) is 11.8 Å². The molecular formula is C14H23NO4. The van der Waals surface area contributed by atoms with Gasteiger partial charge in [0.15, 0.2) is 0 Å². The summed E-state index contributed by atoms with van der Waals surface area (Å²) in [5, 5.41) is 9.06. The summed E-state index contributed by atoms with van der Waals surface area (Å²) < 4.78 is 5.94. The van der Waals surface area contributed by atoms with Gasteiger partial charge in [-0.15, -0.1) is 0 Å². The van der Waals surface area contributed by atoms with Crippen LogP contribution in [-0.2, 0) is 14.3 Å². The highest BCUT2D eigenvalue weighted by Crippen LogP contribution is 2.38. The molecule has 1 heterocycles. The lowest BCUT2D eigenvalue weighted by atomic mass is 9.72. The van der Waals surface area contributed by atoms with E-state index in [9.17, 15) is 9.59 Å². The molecular weight excluding hydrogens is 246 g/mol. The summed E-state index contributed by atoms with van der Waals surface area (Å²) >= 11 is 0. The Balaban J connectivity index is 2.09. The molecule has 5 heteroatoms. The molecule has 0 bridgehead atoms. The molecule has 19 heavy (non-hydrogen) atoms. The fraction of sp³-hybridized carbons (Fsp3) is 0.857. The lowest BCUT2D eigenvalue weighted by Crippen LogP contribution is -2.61. The molecule has 0 spiro atoms. The molecule has 1 aliphatic carbocycles. The van der Waals surface area contributed by atoms with Gasteiger partial charge in [-0.05, 0) is 40.5 Å². The van der Waals surface area contributed by atoms with Crippen molar-refractivity contribution in [1.82, 2.24) is 4.90 Å². The van der Waals surface area contributed by atoms with Gasteiger partial charge in [-0.25, -0.2) is 0 Å². The molecule has 2 aliphatic rings. The van der Waals surface area contributed by atoms with E-state index in [1.807, 2.05) is 27.7 Å². The Labute approximate surface area is 113 Å². The Kier molecular flexibility index (Phi) is 3.37. The fourth-order valence-electron chi connectivity index (χ4n) is 3.27. The van der Waals surface area contributed by atoms with Gasteiger partial charge in [0.1, 0.15) is 0 Å². The molecule has 1 saturated carbocycles. The summed E-state index contributed by atoms with van der Waals surface area (Å²) in [5.41, 5.74) is -0.778. The number of amides is 1. The summed E-state index contributed by atoms with van der Waals surface area (Å²) in [5.74, 6) is -1.72. The average molecular weight is 269 g/mol. The molecule has 1 amide bonds. The van der Waals surface area contributed by atoms with Crippen LogP contribution in [-0.4, -0.2) is 46.2 Å². The van der Waals surface area contributed by atoms with Crippen LogP contribution in [0.1, 0.15) is 40.5 Å². The van der Waals surface area contributed by atoms with Gasteiger partial charge < -0.3 is 14.7 Å². The number of nitrogens with zero attached hydrogens (tertiary/aromatic N) is 1. The normalized spacial score (nSPS) is 32.5. The predicted molar refractivity (Wildman–Crippen MR) is 69.7 cm³/mol. The van der Waals surface area contributed by atoms with Crippen molar-refractivity contribution in [3.63, 3.8) is 0 Å². The minimum absolute atomic E-state index is 0.0249. The van der Waals surface area contributed by atoms with E-state index in [2.05, 4.69) is 0 Å². The third-order valence-corrected chi connectivity index (χ3v) is 3.92. The number of aliphatic carboxylic acids is 1. The van der Waals surface area contributed by atoms with Gasteiger partial charge in [-0.2, -0.15) is 0 Å². The zero-order valence-electron chi connectivity index (χ0n) is 12.1. The van der Waals surface area contributed by atoms with Gasteiger partial charge in [0, 0.05) is 13.1 Å². The van der Waals surface area contributed by atoms with Crippen LogP contribution >= 0.6 is 0 Å². The average Bonchev–Trinajstić information content (AvgIpc) is 2.09. The number of hydrogen-bond donors (Lipinski definition) is 1. The van der Waals surface area contributed by atoms with Crippen molar-refractivity contribution in [1.29, 1.82) is 0 Å². The Morgan fingerprint density at radius 3 is 1.89 bits per heavy atom. The molecule has 2 unspecified atom stereocenters. The summed E-state index contributed by atoms with van der Waals surface area (Å²) in [4.78, 5) is 25.3. The molecule has 2 atom stereocenters. The van der Waals surface area contributed by atoms with Gasteiger partial charge in [-0.1, -0.05) is 0 Å². The van der Waals surface area contributed by atoms with Crippen LogP contribution in [0.4, 0.5) is 0 Å². The largest absolute Gasteiger partial charge is 0.481 e. The van der Waals surface area contributed by atoms with Gasteiger partial charge in [0.25, 0.3) is 0 Å². The first-order valence-corrected chi connectivity index (χ1v) is 6.83. The number of ether oxygens (including phenoxy) is 1. The van der Waals surface area contributed by atoms with E-state index in [0.717, 1.165) is 0 Å².